The number of rotatable bonds is 6. The first-order valence-corrected chi connectivity index (χ1v) is 13.3. The molecule has 1 N–H and O–H groups in total. The van der Waals surface area contributed by atoms with Crippen LogP contribution in [0.1, 0.15) is 50.6 Å². The minimum absolute atomic E-state index is 0.0331. The first kappa shape index (κ1) is 26.2. The number of halogens is 3. The molecule has 0 aliphatic carbocycles. The molecule has 0 fully saturated rings. The molecule has 9 heteroatoms. The Bertz CT molecular complexity index is 1430. The number of aromatic nitrogens is 2. The number of nitrogens with one attached hydrogen (secondary N) is 1. The summed E-state index contributed by atoms with van der Waals surface area (Å²) in [5, 5.41) is 3.14. The molecule has 1 unspecified atom stereocenters. The molecule has 1 aliphatic heterocycles. The smallest absolute Gasteiger partial charge is 0.434 e. The van der Waals surface area contributed by atoms with Gasteiger partial charge in [0.15, 0.2) is 10.8 Å². The van der Waals surface area contributed by atoms with Crippen molar-refractivity contribution in [2.75, 3.05) is 11.9 Å². The summed E-state index contributed by atoms with van der Waals surface area (Å²) in [5.74, 6) is 0.966. The van der Waals surface area contributed by atoms with Gasteiger partial charge < -0.3 is 10.1 Å². The number of hydrogen-bond donors (Lipinski definition) is 1. The van der Waals surface area contributed by atoms with Gasteiger partial charge in [0.2, 0.25) is 5.88 Å². The fourth-order valence-electron chi connectivity index (χ4n) is 5.03. The zero-order valence-corrected chi connectivity index (χ0v) is 22.5. The molecule has 5 nitrogen and oxygen atoms in total. The summed E-state index contributed by atoms with van der Waals surface area (Å²) in [5.41, 5.74) is 2.27. The van der Waals surface area contributed by atoms with Crippen molar-refractivity contribution in [1.29, 1.82) is 0 Å². The standard InChI is InChI=1S/C29H29F3N4OS/c1-5-36-17-19-13-9-15-21(22(19)25(36)28(2,3)4)37-26-20(14-10-16-33-26)34-27-35-24(29(30,31)32)23(38-27)18-11-7-6-8-12-18/h6-16,25H,5,17H2,1-4H3,(H,34,35). The summed E-state index contributed by atoms with van der Waals surface area (Å²) in [6.45, 7) is 10.5. The first-order valence-electron chi connectivity index (χ1n) is 12.5. The van der Waals surface area contributed by atoms with E-state index < -0.39 is 11.9 Å². The molecule has 38 heavy (non-hydrogen) atoms. The first-order chi connectivity index (χ1) is 18.1. The predicted molar refractivity (Wildman–Crippen MR) is 145 cm³/mol. The van der Waals surface area contributed by atoms with Crippen LogP contribution >= 0.6 is 11.3 Å². The summed E-state index contributed by atoms with van der Waals surface area (Å²) in [7, 11) is 0. The topological polar surface area (TPSA) is 50.3 Å². The second-order valence-corrected chi connectivity index (χ2v) is 11.3. The van der Waals surface area contributed by atoms with Gasteiger partial charge in [-0.1, -0.05) is 81.5 Å². The van der Waals surface area contributed by atoms with Crippen LogP contribution < -0.4 is 10.1 Å². The Morgan fingerprint density at radius 2 is 1.79 bits per heavy atom. The van der Waals surface area contributed by atoms with Crippen molar-refractivity contribution >= 4 is 22.2 Å². The fourth-order valence-corrected chi connectivity index (χ4v) is 6.04. The van der Waals surface area contributed by atoms with E-state index in [9.17, 15) is 13.2 Å². The monoisotopic (exact) mass is 538 g/mol. The molecule has 4 aromatic rings. The molecule has 0 bridgehead atoms. The predicted octanol–water partition coefficient (Wildman–Crippen LogP) is 8.68. The zero-order valence-electron chi connectivity index (χ0n) is 21.6. The van der Waals surface area contributed by atoms with Gasteiger partial charge in [0.25, 0.3) is 0 Å². The molecule has 2 aromatic carbocycles. The summed E-state index contributed by atoms with van der Waals surface area (Å²) in [6, 6.07) is 18.1. The summed E-state index contributed by atoms with van der Waals surface area (Å²) in [4.78, 5) is 10.8. The van der Waals surface area contributed by atoms with E-state index in [0.29, 0.717) is 17.0 Å². The average molecular weight is 539 g/mol. The summed E-state index contributed by atoms with van der Waals surface area (Å²) in [6.07, 6.45) is -2.99. The molecule has 5 rings (SSSR count). The van der Waals surface area contributed by atoms with Crippen LogP contribution in [0.25, 0.3) is 10.4 Å². The number of alkyl halides is 3. The van der Waals surface area contributed by atoms with Crippen molar-refractivity contribution < 1.29 is 17.9 Å². The molecule has 1 atom stereocenters. The summed E-state index contributed by atoms with van der Waals surface area (Å²) >= 11 is 0.944. The van der Waals surface area contributed by atoms with Gasteiger partial charge in [-0.3, -0.25) is 4.90 Å². The highest BCUT2D eigenvalue weighted by Crippen LogP contribution is 2.50. The molecule has 0 amide bonds. The van der Waals surface area contributed by atoms with E-state index in [0.717, 1.165) is 30.0 Å². The van der Waals surface area contributed by atoms with Crippen molar-refractivity contribution in [3.8, 4) is 22.1 Å². The molecule has 1 aliphatic rings. The molecule has 0 saturated heterocycles. The number of hydrogen-bond acceptors (Lipinski definition) is 6. The second kappa shape index (κ2) is 10.0. The van der Waals surface area contributed by atoms with E-state index in [1.54, 1.807) is 48.7 Å². The Morgan fingerprint density at radius 3 is 2.47 bits per heavy atom. The maximum absolute atomic E-state index is 13.8. The fraction of sp³-hybridized carbons (Fsp3) is 0.310. The van der Waals surface area contributed by atoms with Gasteiger partial charge >= 0.3 is 6.18 Å². The van der Waals surface area contributed by atoms with Gasteiger partial charge in [0.05, 0.1) is 4.88 Å². The molecule has 0 saturated carbocycles. The Labute approximate surface area is 224 Å². The maximum atomic E-state index is 13.8. The zero-order chi connectivity index (χ0) is 27.1. The lowest BCUT2D eigenvalue weighted by Gasteiger charge is -2.35. The minimum Gasteiger partial charge on any atom is -0.437 e. The van der Waals surface area contributed by atoms with E-state index in [1.807, 2.05) is 12.1 Å². The van der Waals surface area contributed by atoms with Crippen LogP contribution in [-0.4, -0.2) is 21.4 Å². The van der Waals surface area contributed by atoms with Gasteiger partial charge in [-0.05, 0) is 41.3 Å². The SMILES string of the molecule is CCN1Cc2cccc(Oc3ncccc3Nc3nc(C(F)(F)F)c(-c4ccccc4)s3)c2C1C(C)(C)C. The molecule has 3 heterocycles. The van der Waals surface area contributed by atoms with Gasteiger partial charge in [-0.15, -0.1) is 0 Å². The quantitative estimate of drug-likeness (QED) is 0.266. The highest BCUT2D eigenvalue weighted by Gasteiger charge is 2.40. The van der Waals surface area contributed by atoms with Gasteiger partial charge in [-0.2, -0.15) is 13.2 Å². The average Bonchev–Trinajstić information content (AvgIpc) is 3.48. The van der Waals surface area contributed by atoms with Crippen molar-refractivity contribution in [3.05, 3.63) is 83.7 Å². The lowest BCUT2D eigenvalue weighted by atomic mass is 9.82. The molecular formula is C29H29F3N4OS. The third-order valence-corrected chi connectivity index (χ3v) is 7.57. The molecular weight excluding hydrogens is 509 g/mol. The van der Waals surface area contributed by atoms with E-state index in [4.69, 9.17) is 4.74 Å². The molecule has 198 valence electrons. The Kier molecular flexibility index (Phi) is 6.92. The van der Waals surface area contributed by atoms with Gasteiger partial charge in [-0.25, -0.2) is 9.97 Å². The number of ether oxygens (including phenoxy) is 1. The van der Waals surface area contributed by atoms with Crippen molar-refractivity contribution in [3.63, 3.8) is 0 Å². The second-order valence-electron chi connectivity index (χ2n) is 10.3. The normalized spacial score (nSPS) is 15.9. The van der Waals surface area contributed by atoms with Crippen LogP contribution in [0.15, 0.2) is 66.9 Å². The van der Waals surface area contributed by atoms with Crippen molar-refractivity contribution in [2.24, 2.45) is 5.41 Å². The van der Waals surface area contributed by atoms with Crippen molar-refractivity contribution in [2.45, 2.75) is 46.5 Å². The van der Waals surface area contributed by atoms with Crippen LogP contribution in [-0.2, 0) is 12.7 Å². The van der Waals surface area contributed by atoms with Crippen molar-refractivity contribution in [1.82, 2.24) is 14.9 Å². The third-order valence-electron chi connectivity index (χ3n) is 6.55. The minimum atomic E-state index is -4.59. The number of benzene rings is 2. The number of pyridine rings is 1. The number of thiazole rings is 1. The Hall–Kier alpha value is -3.43. The number of anilines is 2. The lowest BCUT2D eigenvalue weighted by Crippen LogP contribution is -2.31. The molecule has 0 spiro atoms. The molecule has 0 radical (unpaired) electrons. The maximum Gasteiger partial charge on any atom is 0.434 e. The number of fused-ring (bicyclic) bond motifs is 1. The van der Waals surface area contributed by atoms with Crippen LogP contribution in [0, 0.1) is 5.41 Å². The van der Waals surface area contributed by atoms with Gasteiger partial charge in [0, 0.05) is 24.3 Å². The highest BCUT2D eigenvalue weighted by molar-refractivity contribution is 7.19. The van der Waals surface area contributed by atoms with E-state index >= 15 is 0 Å². The lowest BCUT2D eigenvalue weighted by molar-refractivity contribution is -0.140. The Morgan fingerprint density at radius 1 is 1.03 bits per heavy atom. The van der Waals surface area contributed by atoms with E-state index in [-0.39, 0.29) is 27.3 Å². The van der Waals surface area contributed by atoms with Gasteiger partial charge in [0.1, 0.15) is 11.4 Å². The van der Waals surface area contributed by atoms with Crippen LogP contribution in [0.4, 0.5) is 24.0 Å². The highest BCUT2D eigenvalue weighted by atomic mass is 32.1. The largest absolute Gasteiger partial charge is 0.437 e. The van der Waals surface area contributed by atoms with Crippen LogP contribution in [0.3, 0.4) is 0 Å². The van der Waals surface area contributed by atoms with E-state index in [1.165, 1.54) is 5.56 Å². The van der Waals surface area contributed by atoms with Crippen LogP contribution in [0.5, 0.6) is 11.6 Å². The summed E-state index contributed by atoms with van der Waals surface area (Å²) < 4.78 is 47.9. The Balaban J connectivity index is 1.50. The van der Waals surface area contributed by atoms with E-state index in [2.05, 4.69) is 53.9 Å². The number of nitrogens with zero attached hydrogens (tertiary/aromatic N) is 3. The van der Waals surface area contributed by atoms with Crippen LogP contribution in [0.2, 0.25) is 0 Å². The molecule has 2 aromatic heterocycles. The third kappa shape index (κ3) is 5.13.